The van der Waals surface area contributed by atoms with E-state index in [0.717, 1.165) is 30.5 Å². The summed E-state index contributed by atoms with van der Waals surface area (Å²) >= 11 is 3.40. The van der Waals surface area contributed by atoms with Crippen molar-refractivity contribution in [1.29, 1.82) is 0 Å². The molecular weight excluding hydrogens is 296 g/mol. The number of aromatic nitrogens is 2. The molecule has 18 heavy (non-hydrogen) atoms. The van der Waals surface area contributed by atoms with E-state index in [2.05, 4.69) is 31.2 Å². The maximum absolute atomic E-state index is 12.1. The summed E-state index contributed by atoms with van der Waals surface area (Å²) in [4.78, 5) is 14.2. The highest BCUT2D eigenvalue weighted by atomic mass is 79.9. The number of carbonyl (C=O) groups is 1. The summed E-state index contributed by atoms with van der Waals surface area (Å²) < 4.78 is 2.57. The molecule has 0 amide bonds. The molecule has 0 fully saturated rings. The van der Waals surface area contributed by atoms with Crippen molar-refractivity contribution in [1.82, 2.24) is 20.0 Å². The number of carbonyl (C=O) groups excluding carboxylic acids is 1. The Hall–Kier alpha value is -0.720. The summed E-state index contributed by atoms with van der Waals surface area (Å²) in [7, 11) is 5.90. The van der Waals surface area contributed by atoms with E-state index in [1.165, 1.54) is 0 Å². The second kappa shape index (κ2) is 7.66. The number of ketones is 1. The number of hydrogen-bond acceptors (Lipinski definition) is 4. The summed E-state index contributed by atoms with van der Waals surface area (Å²) in [6.45, 7) is 2.45. The molecule has 0 bridgehead atoms. The first-order valence-electron chi connectivity index (χ1n) is 6.10. The highest BCUT2D eigenvalue weighted by Crippen LogP contribution is 2.18. The number of likely N-dealkylation sites (N-methyl/N-ethyl adjacent to an activating group) is 1. The van der Waals surface area contributed by atoms with Crippen molar-refractivity contribution in [2.24, 2.45) is 0 Å². The van der Waals surface area contributed by atoms with Crippen molar-refractivity contribution in [3.63, 3.8) is 0 Å². The lowest BCUT2D eigenvalue weighted by molar-refractivity contribution is 0.0968. The number of nitrogens with one attached hydrogen (secondary N) is 1. The van der Waals surface area contributed by atoms with Crippen LogP contribution in [0.15, 0.2) is 10.7 Å². The summed E-state index contributed by atoms with van der Waals surface area (Å²) in [5, 5.41) is 7.29. The van der Waals surface area contributed by atoms with Crippen LogP contribution in [0.3, 0.4) is 0 Å². The zero-order chi connectivity index (χ0) is 13.5. The molecule has 1 rings (SSSR count). The second-order valence-electron chi connectivity index (χ2n) is 4.50. The van der Waals surface area contributed by atoms with Gasteiger partial charge in [-0.3, -0.25) is 9.48 Å². The average Bonchev–Trinajstić information content (AvgIpc) is 2.68. The van der Waals surface area contributed by atoms with Crippen LogP contribution >= 0.6 is 15.9 Å². The van der Waals surface area contributed by atoms with Gasteiger partial charge in [0.25, 0.3) is 0 Å². The highest BCUT2D eigenvalue weighted by Gasteiger charge is 2.16. The van der Waals surface area contributed by atoms with E-state index in [1.807, 2.05) is 21.1 Å². The third-order valence-corrected chi connectivity index (χ3v) is 3.23. The minimum Gasteiger partial charge on any atom is -0.320 e. The van der Waals surface area contributed by atoms with Gasteiger partial charge in [0.05, 0.1) is 17.2 Å². The van der Waals surface area contributed by atoms with E-state index in [0.29, 0.717) is 12.1 Å². The Labute approximate surface area is 117 Å². The van der Waals surface area contributed by atoms with E-state index in [4.69, 9.17) is 0 Å². The molecule has 1 heterocycles. The molecular formula is C12H21BrN4O. The number of Topliss-reactive ketones (excluding diaryl/α,β-unsaturated/α-hetero) is 1. The van der Waals surface area contributed by atoms with Gasteiger partial charge in [0.15, 0.2) is 5.78 Å². The Morgan fingerprint density at radius 3 is 2.89 bits per heavy atom. The van der Waals surface area contributed by atoms with Crippen LogP contribution in [0.4, 0.5) is 0 Å². The average molecular weight is 317 g/mol. The molecule has 1 N–H and O–H groups in total. The second-order valence-corrected chi connectivity index (χ2v) is 5.35. The minimum atomic E-state index is 0.147. The van der Waals surface area contributed by atoms with Crippen molar-refractivity contribution in [3.05, 3.63) is 16.4 Å². The Morgan fingerprint density at radius 2 is 2.28 bits per heavy atom. The first kappa shape index (κ1) is 15.3. The lowest BCUT2D eigenvalue weighted by Gasteiger charge is -2.11. The van der Waals surface area contributed by atoms with Crippen LogP contribution < -0.4 is 5.32 Å². The third-order valence-electron chi connectivity index (χ3n) is 2.65. The molecule has 1 aromatic heterocycles. The van der Waals surface area contributed by atoms with Crippen LogP contribution in [0.25, 0.3) is 0 Å². The fraction of sp³-hybridized carbons (Fsp3) is 0.667. The molecule has 1 aromatic rings. The van der Waals surface area contributed by atoms with Crippen molar-refractivity contribution < 1.29 is 4.79 Å². The van der Waals surface area contributed by atoms with Gasteiger partial charge in [-0.2, -0.15) is 5.10 Å². The molecule has 0 saturated carbocycles. The molecule has 0 saturated heterocycles. The standard InChI is InChI=1S/C12H21BrN4O/c1-14-6-4-5-11(18)12-10(13)9-15-17(12)8-7-16(2)3/h9,14H,4-8H2,1-3H3. The first-order chi connectivity index (χ1) is 8.56. The van der Waals surface area contributed by atoms with Crippen LogP contribution in [0.1, 0.15) is 23.3 Å². The molecule has 0 aliphatic rings. The Balaban J connectivity index is 2.67. The summed E-state index contributed by atoms with van der Waals surface area (Å²) in [6, 6.07) is 0. The molecule has 0 spiro atoms. The number of rotatable bonds is 8. The van der Waals surface area contributed by atoms with Gasteiger partial charge in [-0.1, -0.05) is 0 Å². The van der Waals surface area contributed by atoms with Gasteiger partial charge in [0.1, 0.15) is 5.69 Å². The summed E-state index contributed by atoms with van der Waals surface area (Å²) in [5.74, 6) is 0.147. The molecule has 0 aliphatic carbocycles. The van der Waals surface area contributed by atoms with Crippen molar-refractivity contribution >= 4 is 21.7 Å². The molecule has 0 unspecified atom stereocenters. The van der Waals surface area contributed by atoms with Crippen LogP contribution in [0.2, 0.25) is 0 Å². The maximum Gasteiger partial charge on any atom is 0.182 e. The smallest absolute Gasteiger partial charge is 0.182 e. The SMILES string of the molecule is CNCCCC(=O)c1c(Br)cnn1CCN(C)C. The van der Waals surface area contributed by atoms with Gasteiger partial charge < -0.3 is 10.2 Å². The normalized spacial score (nSPS) is 11.2. The molecule has 0 radical (unpaired) electrons. The molecule has 102 valence electrons. The molecule has 6 heteroatoms. The van der Waals surface area contributed by atoms with Gasteiger partial charge in [-0.15, -0.1) is 0 Å². The van der Waals surface area contributed by atoms with Crippen LogP contribution in [0.5, 0.6) is 0 Å². The maximum atomic E-state index is 12.1. The van der Waals surface area contributed by atoms with Gasteiger partial charge >= 0.3 is 0 Å². The minimum absolute atomic E-state index is 0.147. The number of nitrogens with zero attached hydrogens (tertiary/aromatic N) is 3. The number of halogens is 1. The molecule has 0 aromatic carbocycles. The van der Waals surface area contributed by atoms with Crippen LogP contribution in [0, 0.1) is 0 Å². The van der Waals surface area contributed by atoms with Gasteiger partial charge in [0, 0.05) is 13.0 Å². The molecule has 5 nitrogen and oxygen atoms in total. The van der Waals surface area contributed by atoms with Crippen molar-refractivity contribution in [2.75, 3.05) is 34.2 Å². The molecule has 0 aliphatic heterocycles. The fourth-order valence-electron chi connectivity index (χ4n) is 1.65. The van der Waals surface area contributed by atoms with E-state index in [1.54, 1.807) is 10.9 Å². The van der Waals surface area contributed by atoms with E-state index in [9.17, 15) is 4.79 Å². The lowest BCUT2D eigenvalue weighted by atomic mass is 10.1. The topological polar surface area (TPSA) is 50.2 Å². The first-order valence-corrected chi connectivity index (χ1v) is 6.89. The third kappa shape index (κ3) is 4.51. The van der Waals surface area contributed by atoms with E-state index < -0.39 is 0 Å². The monoisotopic (exact) mass is 316 g/mol. The molecule has 0 atom stereocenters. The van der Waals surface area contributed by atoms with Crippen molar-refractivity contribution in [2.45, 2.75) is 19.4 Å². The summed E-state index contributed by atoms with van der Waals surface area (Å²) in [5.41, 5.74) is 0.688. The zero-order valence-electron chi connectivity index (χ0n) is 11.2. The van der Waals surface area contributed by atoms with Gasteiger partial charge in [-0.05, 0) is 50.0 Å². The largest absolute Gasteiger partial charge is 0.320 e. The quantitative estimate of drug-likeness (QED) is 0.581. The van der Waals surface area contributed by atoms with Crippen LogP contribution in [-0.2, 0) is 6.54 Å². The van der Waals surface area contributed by atoms with E-state index in [-0.39, 0.29) is 5.78 Å². The Kier molecular flexibility index (Phi) is 6.52. The van der Waals surface area contributed by atoms with Gasteiger partial charge in [0.2, 0.25) is 0 Å². The fourth-order valence-corrected chi connectivity index (χ4v) is 2.17. The van der Waals surface area contributed by atoms with Crippen LogP contribution in [-0.4, -0.2) is 54.7 Å². The van der Waals surface area contributed by atoms with E-state index >= 15 is 0 Å². The highest BCUT2D eigenvalue weighted by molar-refractivity contribution is 9.10. The van der Waals surface area contributed by atoms with Crippen molar-refractivity contribution in [3.8, 4) is 0 Å². The summed E-state index contributed by atoms with van der Waals surface area (Å²) in [6.07, 6.45) is 3.09. The lowest BCUT2D eigenvalue weighted by Crippen LogP contribution is -2.22. The zero-order valence-corrected chi connectivity index (χ0v) is 12.8. The van der Waals surface area contributed by atoms with Gasteiger partial charge in [-0.25, -0.2) is 0 Å². The Morgan fingerprint density at radius 1 is 1.56 bits per heavy atom. The Bertz CT molecular complexity index is 389. The number of hydrogen-bond donors (Lipinski definition) is 1. The predicted molar refractivity (Wildman–Crippen MR) is 76.0 cm³/mol. The predicted octanol–water partition coefficient (Wildman–Crippen LogP) is 1.39.